The van der Waals surface area contributed by atoms with E-state index >= 15 is 0 Å². The number of nitrogens with zero attached hydrogens (tertiary/aromatic N) is 3. The molecule has 2 aromatic rings. The number of para-hydroxylation sites is 1. The summed E-state index contributed by atoms with van der Waals surface area (Å²) in [6.07, 6.45) is 4.73. The normalized spacial score (nSPS) is 28.4. The lowest BCUT2D eigenvalue weighted by Crippen LogP contribution is -2.55. The SMILES string of the molecule is C[C@H]1[C@H]([Si](C)(C)O)[C@@H](CC(=O)N2CCC[C@H]2CO)O[C@H]1CCc1cccc(N2CN(c3ccccc3)C3(CCNCC3)C2=O)c1. The van der Waals surface area contributed by atoms with E-state index in [1.807, 2.05) is 53.2 Å². The lowest BCUT2D eigenvalue weighted by molar-refractivity contribution is -0.135. The molecular weight excluding hydrogens is 584 g/mol. The molecule has 2 aromatic carbocycles. The molecule has 0 saturated carbocycles. The molecule has 0 bridgehead atoms. The summed E-state index contributed by atoms with van der Waals surface area (Å²) >= 11 is 0. The molecule has 4 heterocycles. The molecule has 10 heteroatoms. The predicted molar refractivity (Wildman–Crippen MR) is 179 cm³/mol. The van der Waals surface area contributed by atoms with Crippen LogP contribution in [0.15, 0.2) is 54.6 Å². The van der Waals surface area contributed by atoms with Crippen LogP contribution in [-0.4, -0.2) is 91.6 Å². The number of aryl methyl sites for hydroxylation is 1. The van der Waals surface area contributed by atoms with Crippen molar-refractivity contribution in [2.75, 3.05) is 42.7 Å². The Morgan fingerprint density at radius 2 is 1.80 bits per heavy atom. The smallest absolute Gasteiger partial charge is 0.254 e. The second kappa shape index (κ2) is 13.2. The zero-order chi connectivity index (χ0) is 31.8. The molecule has 4 aliphatic rings. The number of amides is 2. The molecule has 4 saturated heterocycles. The minimum atomic E-state index is -2.62. The Bertz CT molecular complexity index is 1350. The van der Waals surface area contributed by atoms with Crippen LogP contribution in [0.2, 0.25) is 18.6 Å². The predicted octanol–water partition coefficient (Wildman–Crippen LogP) is 3.90. The summed E-state index contributed by atoms with van der Waals surface area (Å²) in [4.78, 5) is 44.8. The van der Waals surface area contributed by atoms with E-state index in [1.165, 1.54) is 0 Å². The number of ether oxygens (including phenoxy) is 1. The van der Waals surface area contributed by atoms with Crippen molar-refractivity contribution in [2.45, 2.75) is 94.3 Å². The van der Waals surface area contributed by atoms with Crippen molar-refractivity contribution in [3.8, 4) is 0 Å². The van der Waals surface area contributed by atoms with Gasteiger partial charge in [0.25, 0.3) is 5.91 Å². The van der Waals surface area contributed by atoms with Gasteiger partial charge in [-0.05, 0) is 100 Å². The van der Waals surface area contributed by atoms with Crippen molar-refractivity contribution in [2.24, 2.45) is 5.92 Å². The van der Waals surface area contributed by atoms with Crippen LogP contribution in [0.5, 0.6) is 0 Å². The Morgan fingerprint density at radius 1 is 1.07 bits per heavy atom. The lowest BCUT2D eigenvalue weighted by Gasteiger charge is -2.39. The summed E-state index contributed by atoms with van der Waals surface area (Å²) in [5.74, 6) is 0.320. The summed E-state index contributed by atoms with van der Waals surface area (Å²) in [5.41, 5.74) is 2.56. The number of carbonyl (C=O) groups excluding carboxylic acids is 2. The maximum Gasteiger partial charge on any atom is 0.254 e. The van der Waals surface area contributed by atoms with E-state index in [-0.39, 0.29) is 54.6 Å². The van der Waals surface area contributed by atoms with E-state index in [4.69, 9.17) is 4.74 Å². The molecule has 0 aliphatic carbocycles. The number of piperidine rings is 1. The second-order valence-electron chi connectivity index (χ2n) is 14.1. The van der Waals surface area contributed by atoms with Crippen LogP contribution in [0.1, 0.15) is 51.0 Å². The van der Waals surface area contributed by atoms with E-state index in [0.717, 1.165) is 68.6 Å². The number of aliphatic hydroxyl groups excluding tert-OH is 1. The molecule has 2 amide bonds. The Morgan fingerprint density at radius 3 is 2.51 bits per heavy atom. The highest BCUT2D eigenvalue weighted by Gasteiger charge is 2.53. The first-order valence-electron chi connectivity index (χ1n) is 16.8. The summed E-state index contributed by atoms with van der Waals surface area (Å²) in [6.45, 7) is 8.90. The average Bonchev–Trinajstić information content (AvgIpc) is 3.72. The van der Waals surface area contributed by atoms with Crippen LogP contribution in [0, 0.1) is 5.92 Å². The number of carbonyl (C=O) groups is 2. The number of hydrogen-bond acceptors (Lipinski definition) is 7. The molecule has 3 N–H and O–H groups in total. The van der Waals surface area contributed by atoms with Crippen molar-refractivity contribution in [3.05, 3.63) is 60.2 Å². The zero-order valence-corrected chi connectivity index (χ0v) is 28.0. The van der Waals surface area contributed by atoms with Gasteiger partial charge in [0.2, 0.25) is 5.91 Å². The van der Waals surface area contributed by atoms with Gasteiger partial charge in [-0.1, -0.05) is 37.3 Å². The van der Waals surface area contributed by atoms with Crippen molar-refractivity contribution >= 4 is 31.5 Å². The van der Waals surface area contributed by atoms with E-state index in [0.29, 0.717) is 13.2 Å². The van der Waals surface area contributed by atoms with Gasteiger partial charge >= 0.3 is 0 Å². The highest BCUT2D eigenvalue weighted by Crippen LogP contribution is 2.46. The van der Waals surface area contributed by atoms with Gasteiger partial charge in [-0.25, -0.2) is 0 Å². The van der Waals surface area contributed by atoms with E-state index in [1.54, 1.807) is 0 Å². The molecule has 6 rings (SSSR count). The van der Waals surface area contributed by atoms with Crippen molar-refractivity contribution < 1.29 is 24.2 Å². The van der Waals surface area contributed by atoms with Crippen LogP contribution in [-0.2, 0) is 20.7 Å². The molecule has 4 aliphatic heterocycles. The monoisotopic (exact) mass is 634 g/mol. The Kier molecular flexibility index (Phi) is 9.41. The van der Waals surface area contributed by atoms with Crippen LogP contribution in [0.25, 0.3) is 0 Å². The highest BCUT2D eigenvalue weighted by molar-refractivity contribution is 6.71. The fraction of sp³-hybridized carbons (Fsp3) is 0.600. The third-order valence-electron chi connectivity index (χ3n) is 10.9. The van der Waals surface area contributed by atoms with Crippen molar-refractivity contribution in [1.29, 1.82) is 0 Å². The van der Waals surface area contributed by atoms with Gasteiger partial charge in [-0.3, -0.25) is 14.5 Å². The molecule has 244 valence electrons. The number of anilines is 2. The molecule has 45 heavy (non-hydrogen) atoms. The Balaban J connectivity index is 1.15. The third-order valence-corrected chi connectivity index (χ3v) is 13.4. The maximum absolute atomic E-state index is 14.1. The first kappa shape index (κ1) is 32.2. The van der Waals surface area contributed by atoms with Crippen molar-refractivity contribution in [1.82, 2.24) is 10.2 Å². The number of hydrogen-bond donors (Lipinski definition) is 3. The molecule has 0 unspecified atom stereocenters. The van der Waals surface area contributed by atoms with Crippen molar-refractivity contribution in [3.63, 3.8) is 0 Å². The largest absolute Gasteiger partial charge is 0.432 e. The van der Waals surface area contributed by atoms with Crippen LogP contribution >= 0.6 is 0 Å². The van der Waals surface area contributed by atoms with Gasteiger partial charge in [-0.2, -0.15) is 0 Å². The fourth-order valence-electron chi connectivity index (χ4n) is 8.61. The first-order valence-corrected chi connectivity index (χ1v) is 19.9. The maximum atomic E-state index is 14.1. The molecule has 0 aromatic heterocycles. The van der Waals surface area contributed by atoms with E-state index < -0.39 is 13.9 Å². The van der Waals surface area contributed by atoms with E-state index in [2.05, 4.69) is 41.4 Å². The molecule has 1 spiro atoms. The summed E-state index contributed by atoms with van der Waals surface area (Å²) in [6, 6.07) is 18.5. The number of rotatable bonds is 9. The number of benzene rings is 2. The van der Waals surface area contributed by atoms with Gasteiger partial charge in [0.15, 0.2) is 8.32 Å². The van der Waals surface area contributed by atoms with Crippen LogP contribution < -0.4 is 15.1 Å². The topological polar surface area (TPSA) is 106 Å². The molecule has 5 atom stereocenters. The average molecular weight is 635 g/mol. The molecule has 0 radical (unpaired) electrons. The number of aliphatic hydroxyl groups is 1. The van der Waals surface area contributed by atoms with Gasteiger partial charge in [0.1, 0.15) is 5.54 Å². The quantitative estimate of drug-likeness (QED) is 0.360. The molecule has 9 nitrogen and oxygen atoms in total. The zero-order valence-electron chi connectivity index (χ0n) is 27.0. The first-order chi connectivity index (χ1) is 21.6. The lowest BCUT2D eigenvalue weighted by atomic mass is 9.86. The third kappa shape index (κ3) is 6.32. The Hall–Kier alpha value is -2.76. The fourth-order valence-corrected chi connectivity index (χ4v) is 11.2. The minimum Gasteiger partial charge on any atom is -0.432 e. The highest BCUT2D eigenvalue weighted by atomic mass is 28.4. The molecular formula is C35H50N4O5Si. The van der Waals surface area contributed by atoms with Crippen LogP contribution in [0.3, 0.4) is 0 Å². The van der Waals surface area contributed by atoms with Gasteiger partial charge < -0.3 is 29.8 Å². The van der Waals surface area contributed by atoms with Gasteiger partial charge in [0, 0.05) is 23.5 Å². The summed E-state index contributed by atoms with van der Waals surface area (Å²) in [5, 5.41) is 13.2. The van der Waals surface area contributed by atoms with Gasteiger partial charge in [-0.15, -0.1) is 0 Å². The number of likely N-dealkylation sites (tertiary alicyclic amines) is 1. The number of nitrogens with one attached hydrogen (secondary N) is 1. The standard InChI is InChI=1S/C35H50N4O5Si/c1-25-30(44-31(33(25)45(2,3)43)22-32(41)37-20-8-13-29(37)23-40)15-14-26-9-7-12-28(21-26)38-24-39(27-10-5-4-6-11-27)35(34(38)42)16-18-36-19-17-35/h4-7,9-12,21,25,29-31,33,36,40,43H,8,13-20,22-24H2,1-3H3/t25-,29+,30+,31-,33+/m1/s1. The van der Waals surface area contributed by atoms with Gasteiger partial charge in [0.05, 0.1) is 37.9 Å². The second-order valence-corrected chi connectivity index (χ2v) is 18.1. The molecule has 4 fully saturated rings. The van der Waals surface area contributed by atoms with E-state index in [9.17, 15) is 19.5 Å². The van der Waals surface area contributed by atoms with Crippen LogP contribution in [0.4, 0.5) is 11.4 Å². The Labute approximate surface area is 268 Å². The minimum absolute atomic E-state index is 0.00939. The summed E-state index contributed by atoms with van der Waals surface area (Å²) in [7, 11) is -2.62. The summed E-state index contributed by atoms with van der Waals surface area (Å²) < 4.78 is 6.61.